The first-order chi connectivity index (χ1) is 18.4. The fraction of sp³-hybridized carbons (Fsp3) is 0.111. The van der Waals surface area contributed by atoms with Crippen LogP contribution in [0.15, 0.2) is 61.2 Å². The summed E-state index contributed by atoms with van der Waals surface area (Å²) >= 11 is 0. The lowest BCUT2D eigenvalue weighted by Crippen LogP contribution is -2.17. The van der Waals surface area contributed by atoms with E-state index in [1.807, 2.05) is 26.0 Å². The van der Waals surface area contributed by atoms with Crippen LogP contribution in [-0.2, 0) is 4.79 Å². The number of phenols is 1. The van der Waals surface area contributed by atoms with Crippen LogP contribution in [0.1, 0.15) is 13.8 Å². The Morgan fingerprint density at radius 2 is 1.92 bits per heavy atom. The van der Waals surface area contributed by atoms with E-state index in [0.29, 0.717) is 50.7 Å². The molecule has 0 spiro atoms. The summed E-state index contributed by atoms with van der Waals surface area (Å²) in [4.78, 5) is 33.1. The van der Waals surface area contributed by atoms with E-state index >= 15 is 0 Å². The zero-order valence-electron chi connectivity index (χ0n) is 20.3. The highest BCUT2D eigenvalue weighted by Crippen LogP contribution is 2.33. The molecule has 0 radical (unpaired) electrons. The molecule has 11 heteroatoms. The first-order valence-electron chi connectivity index (χ1n) is 11.8. The molecule has 0 aliphatic carbocycles. The quantitative estimate of drug-likeness (QED) is 0.254. The summed E-state index contributed by atoms with van der Waals surface area (Å²) < 4.78 is 14.0. The van der Waals surface area contributed by atoms with Crippen molar-refractivity contribution in [2.24, 2.45) is 5.92 Å². The number of hydrogen-bond donors (Lipinski definition) is 4. The molecular weight excluding hydrogens is 487 g/mol. The smallest absolute Gasteiger partial charge is 0.226 e. The van der Waals surface area contributed by atoms with Crippen LogP contribution in [0.25, 0.3) is 56.0 Å². The Kier molecular flexibility index (Phi) is 5.52. The van der Waals surface area contributed by atoms with Crippen LogP contribution in [0, 0.1) is 11.7 Å². The van der Waals surface area contributed by atoms with E-state index in [1.165, 1.54) is 12.1 Å². The maximum Gasteiger partial charge on any atom is 0.226 e. The number of pyridine rings is 3. The standard InChI is InChI=1S/C27H21FN8O2/c1-13(2)27(38)32-17-6-15(10-29-11-17)21-9-20-22(12-31-21)35-36-24(20)26-33-23-19(3-4-30-25(23)34-26)14-5-16(28)8-18(37)7-14/h3-13,37H,1-2H3,(H,32,38)(H,35,36)(H,30,33,34). The number of anilines is 1. The van der Waals surface area contributed by atoms with Gasteiger partial charge in [-0.2, -0.15) is 5.10 Å². The van der Waals surface area contributed by atoms with Crippen molar-refractivity contribution in [3.8, 4) is 39.7 Å². The fourth-order valence-corrected chi connectivity index (χ4v) is 4.18. The van der Waals surface area contributed by atoms with Crippen molar-refractivity contribution in [3.05, 3.63) is 67.0 Å². The monoisotopic (exact) mass is 508 g/mol. The SMILES string of the molecule is CC(C)C(=O)Nc1cncc(-c2cc3c(-c4nc5nccc(-c6cc(O)cc(F)c6)c5[nH]4)n[nH]c3cn2)c1. The number of carbonyl (C=O) groups excluding carboxylic acids is 1. The van der Waals surface area contributed by atoms with Gasteiger partial charge in [0, 0.05) is 40.9 Å². The number of nitrogens with zero attached hydrogens (tertiary/aromatic N) is 5. The van der Waals surface area contributed by atoms with Crippen LogP contribution >= 0.6 is 0 Å². The van der Waals surface area contributed by atoms with Gasteiger partial charge in [0.1, 0.15) is 17.3 Å². The highest BCUT2D eigenvalue weighted by Gasteiger charge is 2.18. The number of H-pyrrole nitrogens is 2. The lowest BCUT2D eigenvalue weighted by atomic mass is 10.1. The number of imidazole rings is 1. The van der Waals surface area contributed by atoms with Gasteiger partial charge in [0.25, 0.3) is 0 Å². The van der Waals surface area contributed by atoms with Crippen LogP contribution in [-0.4, -0.2) is 46.1 Å². The van der Waals surface area contributed by atoms with Crippen LogP contribution in [0.4, 0.5) is 10.1 Å². The number of rotatable bonds is 5. The van der Waals surface area contributed by atoms with Gasteiger partial charge < -0.3 is 15.4 Å². The van der Waals surface area contributed by atoms with Gasteiger partial charge in [-0.3, -0.25) is 19.9 Å². The molecule has 0 aliphatic rings. The third-order valence-corrected chi connectivity index (χ3v) is 6.08. The normalized spacial score (nSPS) is 11.5. The maximum absolute atomic E-state index is 14.0. The van der Waals surface area contributed by atoms with Crippen molar-refractivity contribution in [2.75, 3.05) is 5.32 Å². The molecule has 0 atom stereocenters. The number of nitrogens with one attached hydrogen (secondary N) is 3. The molecule has 1 aromatic carbocycles. The van der Waals surface area contributed by atoms with Crippen LogP contribution < -0.4 is 5.32 Å². The fourth-order valence-electron chi connectivity index (χ4n) is 4.18. The highest BCUT2D eigenvalue weighted by atomic mass is 19.1. The predicted octanol–water partition coefficient (Wildman–Crippen LogP) is 5.06. The highest BCUT2D eigenvalue weighted by molar-refractivity contribution is 5.97. The molecule has 0 saturated heterocycles. The minimum absolute atomic E-state index is 0.101. The van der Waals surface area contributed by atoms with Crippen molar-refractivity contribution in [2.45, 2.75) is 13.8 Å². The molecule has 5 heterocycles. The van der Waals surface area contributed by atoms with Gasteiger partial charge in [0.05, 0.1) is 34.8 Å². The van der Waals surface area contributed by atoms with Crippen molar-refractivity contribution in [3.63, 3.8) is 0 Å². The van der Waals surface area contributed by atoms with Crippen molar-refractivity contribution in [1.82, 2.24) is 35.1 Å². The lowest BCUT2D eigenvalue weighted by Gasteiger charge is -2.08. The average Bonchev–Trinajstić information content (AvgIpc) is 3.51. The first kappa shape index (κ1) is 23.2. The van der Waals surface area contributed by atoms with Gasteiger partial charge in [-0.25, -0.2) is 14.4 Å². The second-order valence-corrected chi connectivity index (χ2v) is 9.13. The summed E-state index contributed by atoms with van der Waals surface area (Å²) in [6.45, 7) is 3.64. The Morgan fingerprint density at radius 1 is 1.05 bits per heavy atom. The molecule has 5 aromatic heterocycles. The summed E-state index contributed by atoms with van der Waals surface area (Å²) in [5, 5.41) is 20.9. The Labute approximate surface area is 215 Å². The predicted molar refractivity (Wildman–Crippen MR) is 141 cm³/mol. The first-order valence-corrected chi connectivity index (χ1v) is 11.8. The second-order valence-electron chi connectivity index (χ2n) is 9.13. The molecule has 0 unspecified atom stereocenters. The van der Waals surface area contributed by atoms with E-state index in [2.05, 4.69) is 40.4 Å². The maximum atomic E-state index is 14.0. The van der Waals surface area contributed by atoms with Crippen LogP contribution in [0.5, 0.6) is 5.75 Å². The summed E-state index contributed by atoms with van der Waals surface area (Å²) in [5.74, 6) is -0.529. The largest absolute Gasteiger partial charge is 0.508 e. The zero-order valence-corrected chi connectivity index (χ0v) is 20.3. The van der Waals surface area contributed by atoms with Crippen molar-refractivity contribution in [1.29, 1.82) is 0 Å². The van der Waals surface area contributed by atoms with Crippen LogP contribution in [0.2, 0.25) is 0 Å². The minimum Gasteiger partial charge on any atom is -0.508 e. The summed E-state index contributed by atoms with van der Waals surface area (Å²) in [7, 11) is 0. The summed E-state index contributed by atoms with van der Waals surface area (Å²) in [5.41, 5.74) is 5.31. The number of aromatic hydroxyl groups is 1. The molecule has 0 fully saturated rings. The van der Waals surface area contributed by atoms with Gasteiger partial charge in [0.2, 0.25) is 5.91 Å². The molecule has 0 saturated carbocycles. The number of phenolic OH excluding ortho intramolecular Hbond substituents is 1. The van der Waals surface area contributed by atoms with E-state index in [0.717, 1.165) is 17.0 Å². The van der Waals surface area contributed by atoms with Crippen molar-refractivity contribution < 1.29 is 14.3 Å². The molecule has 0 aliphatic heterocycles. The minimum atomic E-state index is -0.551. The van der Waals surface area contributed by atoms with Gasteiger partial charge >= 0.3 is 0 Å². The third-order valence-electron chi connectivity index (χ3n) is 6.08. The number of aromatic amines is 2. The number of carbonyl (C=O) groups is 1. The Hall–Kier alpha value is -5.19. The number of benzene rings is 1. The molecule has 4 N–H and O–H groups in total. The van der Waals surface area contributed by atoms with Crippen molar-refractivity contribution >= 4 is 33.7 Å². The lowest BCUT2D eigenvalue weighted by molar-refractivity contribution is -0.118. The molecular formula is C27H21FN8O2. The van der Waals surface area contributed by atoms with E-state index in [4.69, 9.17) is 0 Å². The van der Waals surface area contributed by atoms with E-state index in [1.54, 1.807) is 30.9 Å². The average molecular weight is 509 g/mol. The van der Waals surface area contributed by atoms with E-state index < -0.39 is 5.82 Å². The Balaban J connectivity index is 1.42. The number of amides is 1. The Morgan fingerprint density at radius 3 is 2.74 bits per heavy atom. The second kappa shape index (κ2) is 9.04. The third kappa shape index (κ3) is 4.19. The number of fused-ring (bicyclic) bond motifs is 2. The van der Waals surface area contributed by atoms with E-state index in [-0.39, 0.29) is 17.6 Å². The molecule has 38 heavy (non-hydrogen) atoms. The van der Waals surface area contributed by atoms with E-state index in [9.17, 15) is 14.3 Å². The summed E-state index contributed by atoms with van der Waals surface area (Å²) in [6.07, 6.45) is 6.50. The number of halogens is 1. The molecule has 188 valence electrons. The van der Waals surface area contributed by atoms with Gasteiger partial charge in [-0.1, -0.05) is 13.8 Å². The molecule has 1 amide bonds. The van der Waals surface area contributed by atoms with Gasteiger partial charge in [0.15, 0.2) is 11.5 Å². The molecule has 6 aromatic rings. The number of hydrogen-bond acceptors (Lipinski definition) is 7. The van der Waals surface area contributed by atoms with Crippen LogP contribution in [0.3, 0.4) is 0 Å². The summed E-state index contributed by atoms with van der Waals surface area (Å²) in [6, 6.07) is 9.26. The molecule has 10 nitrogen and oxygen atoms in total. The molecule has 0 bridgehead atoms. The topological polar surface area (TPSA) is 145 Å². The number of aromatic nitrogens is 7. The van der Waals surface area contributed by atoms with Gasteiger partial charge in [-0.05, 0) is 35.9 Å². The van der Waals surface area contributed by atoms with Gasteiger partial charge in [-0.15, -0.1) is 0 Å². The Bertz CT molecular complexity index is 1820. The molecule has 6 rings (SSSR count). The zero-order chi connectivity index (χ0) is 26.4.